The molecule has 1 N–H and O–H groups in total. The minimum atomic E-state index is -3.68. The van der Waals surface area contributed by atoms with Gasteiger partial charge in [-0.3, -0.25) is 4.79 Å². The summed E-state index contributed by atoms with van der Waals surface area (Å²) in [4.78, 5) is 14.6. The van der Waals surface area contributed by atoms with Crippen LogP contribution < -0.4 is 4.72 Å². The Morgan fingerprint density at radius 1 is 1.15 bits per heavy atom. The highest BCUT2D eigenvalue weighted by Gasteiger charge is 2.18. The molecular formula is C20H23N3O3S. The lowest BCUT2D eigenvalue weighted by molar-refractivity contribution is 0.0752. The summed E-state index contributed by atoms with van der Waals surface area (Å²) in [5.74, 6) is -0.151. The lowest BCUT2D eigenvalue weighted by Crippen LogP contribution is -2.30. The summed E-state index contributed by atoms with van der Waals surface area (Å²) >= 11 is 0. The van der Waals surface area contributed by atoms with Gasteiger partial charge in [0.25, 0.3) is 5.91 Å². The Balaban J connectivity index is 2.14. The molecule has 2 aromatic carbocycles. The second kappa shape index (κ2) is 9.31. The Labute approximate surface area is 160 Å². The summed E-state index contributed by atoms with van der Waals surface area (Å²) < 4.78 is 26.6. The van der Waals surface area contributed by atoms with Crippen molar-refractivity contribution in [2.75, 3.05) is 13.1 Å². The van der Waals surface area contributed by atoms with Gasteiger partial charge in [-0.15, -0.1) is 0 Å². The molecule has 0 unspecified atom stereocenters. The standard InChI is InChI=1S/C20H23N3O3S/c1-3-23(15-18-8-5-4-7-16(18)2)20(24)17-9-11-19(12-10-17)27(25,26)22-14-6-13-21/h4-5,7-12,22H,3,6,14-15H2,1-2H3. The molecule has 0 aromatic heterocycles. The summed E-state index contributed by atoms with van der Waals surface area (Å²) in [7, 11) is -3.68. The van der Waals surface area contributed by atoms with E-state index in [-0.39, 0.29) is 23.8 Å². The molecule has 0 bridgehead atoms. The first kappa shape index (κ1) is 20.6. The third-order valence-electron chi connectivity index (χ3n) is 4.23. The molecule has 0 fully saturated rings. The van der Waals surface area contributed by atoms with Crippen LogP contribution in [0.2, 0.25) is 0 Å². The number of rotatable bonds is 8. The van der Waals surface area contributed by atoms with Gasteiger partial charge in [-0.25, -0.2) is 13.1 Å². The van der Waals surface area contributed by atoms with Crippen LogP contribution in [0.1, 0.15) is 34.8 Å². The van der Waals surface area contributed by atoms with Crippen LogP contribution in [0.15, 0.2) is 53.4 Å². The van der Waals surface area contributed by atoms with Crippen molar-refractivity contribution in [2.45, 2.75) is 31.7 Å². The summed E-state index contributed by atoms with van der Waals surface area (Å²) in [6.07, 6.45) is 0.0974. The van der Waals surface area contributed by atoms with Crippen molar-refractivity contribution in [2.24, 2.45) is 0 Å². The predicted molar refractivity (Wildman–Crippen MR) is 103 cm³/mol. The molecule has 0 aliphatic carbocycles. The Morgan fingerprint density at radius 2 is 1.81 bits per heavy atom. The fraction of sp³-hybridized carbons (Fsp3) is 0.300. The van der Waals surface area contributed by atoms with Gasteiger partial charge in [0.2, 0.25) is 10.0 Å². The molecule has 0 saturated carbocycles. The van der Waals surface area contributed by atoms with E-state index in [1.165, 1.54) is 24.3 Å². The molecule has 0 aliphatic rings. The number of hydrogen-bond acceptors (Lipinski definition) is 4. The quantitative estimate of drug-likeness (QED) is 0.708. The van der Waals surface area contributed by atoms with Crippen LogP contribution in [0.25, 0.3) is 0 Å². The first-order chi connectivity index (χ1) is 12.9. The Bertz CT molecular complexity index is 932. The van der Waals surface area contributed by atoms with Gasteiger partial charge < -0.3 is 4.90 Å². The maximum absolute atomic E-state index is 12.8. The zero-order valence-corrected chi connectivity index (χ0v) is 16.3. The van der Waals surface area contributed by atoms with E-state index in [1.807, 2.05) is 44.2 Å². The Kier molecular flexibility index (Phi) is 7.11. The molecule has 0 spiro atoms. The average molecular weight is 385 g/mol. The van der Waals surface area contributed by atoms with Gasteiger partial charge >= 0.3 is 0 Å². The fourth-order valence-electron chi connectivity index (χ4n) is 2.60. The molecule has 2 aromatic rings. The number of carbonyl (C=O) groups is 1. The third kappa shape index (κ3) is 5.39. The van der Waals surface area contributed by atoms with Crippen LogP contribution in [0, 0.1) is 18.3 Å². The molecule has 6 nitrogen and oxygen atoms in total. The summed E-state index contributed by atoms with van der Waals surface area (Å²) in [6, 6.07) is 15.6. The highest BCUT2D eigenvalue weighted by Crippen LogP contribution is 2.15. The van der Waals surface area contributed by atoms with Crippen LogP contribution in [-0.2, 0) is 16.6 Å². The number of sulfonamides is 1. The van der Waals surface area contributed by atoms with Gasteiger partial charge in [-0.05, 0) is 49.2 Å². The Morgan fingerprint density at radius 3 is 2.41 bits per heavy atom. The summed E-state index contributed by atoms with van der Waals surface area (Å²) in [6.45, 7) is 5.01. The maximum atomic E-state index is 12.8. The van der Waals surface area contributed by atoms with Gasteiger partial charge in [-0.2, -0.15) is 5.26 Å². The molecule has 0 atom stereocenters. The summed E-state index contributed by atoms with van der Waals surface area (Å²) in [5, 5.41) is 8.50. The predicted octanol–water partition coefficient (Wildman–Crippen LogP) is 2.85. The Hall–Kier alpha value is -2.69. The molecule has 27 heavy (non-hydrogen) atoms. The normalized spacial score (nSPS) is 11.0. The number of nitriles is 1. The van der Waals surface area contributed by atoms with Crippen molar-refractivity contribution in [1.29, 1.82) is 5.26 Å². The largest absolute Gasteiger partial charge is 0.335 e. The topological polar surface area (TPSA) is 90.3 Å². The fourth-order valence-corrected chi connectivity index (χ4v) is 3.64. The van der Waals surface area contributed by atoms with E-state index in [4.69, 9.17) is 5.26 Å². The van der Waals surface area contributed by atoms with E-state index in [1.54, 1.807) is 4.90 Å². The van der Waals surface area contributed by atoms with Gasteiger partial charge in [0.1, 0.15) is 0 Å². The lowest BCUT2D eigenvalue weighted by Gasteiger charge is -2.22. The first-order valence-electron chi connectivity index (χ1n) is 8.69. The van der Waals surface area contributed by atoms with Crippen LogP contribution >= 0.6 is 0 Å². The van der Waals surface area contributed by atoms with Gasteiger partial charge in [0.05, 0.1) is 11.0 Å². The third-order valence-corrected chi connectivity index (χ3v) is 5.71. The molecule has 0 heterocycles. The maximum Gasteiger partial charge on any atom is 0.254 e. The SMILES string of the molecule is CCN(Cc1ccccc1C)C(=O)c1ccc(S(=O)(=O)NCCC#N)cc1. The highest BCUT2D eigenvalue weighted by atomic mass is 32.2. The zero-order chi connectivity index (χ0) is 19.9. The first-order valence-corrected chi connectivity index (χ1v) is 10.2. The molecule has 7 heteroatoms. The second-order valence-corrected chi connectivity index (χ2v) is 7.84. The van der Waals surface area contributed by atoms with Crippen molar-refractivity contribution in [1.82, 2.24) is 9.62 Å². The number of aryl methyl sites for hydroxylation is 1. The van der Waals surface area contributed by atoms with Crippen molar-refractivity contribution in [3.05, 3.63) is 65.2 Å². The van der Waals surface area contributed by atoms with Crippen LogP contribution in [0.5, 0.6) is 0 Å². The zero-order valence-electron chi connectivity index (χ0n) is 15.5. The van der Waals surface area contributed by atoms with E-state index in [0.717, 1.165) is 11.1 Å². The lowest BCUT2D eigenvalue weighted by atomic mass is 10.1. The van der Waals surface area contributed by atoms with Crippen LogP contribution in [-0.4, -0.2) is 32.3 Å². The van der Waals surface area contributed by atoms with Crippen molar-refractivity contribution in [3.8, 4) is 6.07 Å². The minimum Gasteiger partial charge on any atom is -0.335 e. The minimum absolute atomic E-state index is 0.0551. The second-order valence-electron chi connectivity index (χ2n) is 6.08. The van der Waals surface area contributed by atoms with Crippen molar-refractivity contribution in [3.63, 3.8) is 0 Å². The average Bonchev–Trinajstić information content (AvgIpc) is 2.67. The monoisotopic (exact) mass is 385 g/mol. The number of amides is 1. The smallest absolute Gasteiger partial charge is 0.254 e. The molecule has 0 radical (unpaired) electrons. The molecule has 1 amide bonds. The van der Waals surface area contributed by atoms with E-state index < -0.39 is 10.0 Å². The number of carbonyl (C=O) groups excluding carboxylic acids is 1. The highest BCUT2D eigenvalue weighted by molar-refractivity contribution is 7.89. The van der Waals surface area contributed by atoms with Crippen LogP contribution in [0.3, 0.4) is 0 Å². The molecule has 0 saturated heterocycles. The molecule has 2 rings (SSSR count). The number of benzene rings is 2. The number of hydrogen-bond donors (Lipinski definition) is 1. The van der Waals surface area contributed by atoms with E-state index in [0.29, 0.717) is 18.7 Å². The van der Waals surface area contributed by atoms with Gasteiger partial charge in [0, 0.05) is 31.6 Å². The molecule has 142 valence electrons. The van der Waals surface area contributed by atoms with E-state index in [9.17, 15) is 13.2 Å². The molecule has 0 aliphatic heterocycles. The van der Waals surface area contributed by atoms with E-state index >= 15 is 0 Å². The number of nitrogens with one attached hydrogen (secondary N) is 1. The van der Waals surface area contributed by atoms with Crippen molar-refractivity contribution < 1.29 is 13.2 Å². The summed E-state index contributed by atoms with van der Waals surface area (Å²) in [5.41, 5.74) is 2.63. The van der Waals surface area contributed by atoms with E-state index in [2.05, 4.69) is 4.72 Å². The van der Waals surface area contributed by atoms with Gasteiger partial charge in [0.15, 0.2) is 0 Å². The number of nitrogens with zero attached hydrogens (tertiary/aromatic N) is 2. The van der Waals surface area contributed by atoms with Crippen LogP contribution in [0.4, 0.5) is 0 Å². The van der Waals surface area contributed by atoms with Crippen molar-refractivity contribution >= 4 is 15.9 Å². The van der Waals surface area contributed by atoms with Gasteiger partial charge in [-0.1, -0.05) is 24.3 Å². The molecular weight excluding hydrogens is 362 g/mol.